The Labute approximate surface area is 350 Å². The van der Waals surface area contributed by atoms with Crippen molar-refractivity contribution in [3.05, 3.63) is 122 Å². The van der Waals surface area contributed by atoms with E-state index in [0.717, 1.165) is 96.3 Å². The molecule has 322 valence electrons. The Kier molecular flexibility index (Phi) is 38.4. The van der Waals surface area contributed by atoms with Gasteiger partial charge in [0.05, 0.1) is 13.2 Å². The average Bonchev–Trinajstić information content (AvgIpc) is 3.21. The highest BCUT2D eigenvalue weighted by molar-refractivity contribution is 5.87. The maximum absolute atomic E-state index is 12.7. The summed E-state index contributed by atoms with van der Waals surface area (Å²) in [7, 11) is 0. The third kappa shape index (κ3) is 38.1. The van der Waals surface area contributed by atoms with Crippen LogP contribution in [0.2, 0.25) is 0 Å². The molecule has 0 fully saturated rings. The van der Waals surface area contributed by atoms with Gasteiger partial charge in [-0.25, -0.2) is 4.79 Å². The van der Waals surface area contributed by atoms with E-state index in [4.69, 9.17) is 14.9 Å². The number of aliphatic hydroxyl groups is 1. The quantitative estimate of drug-likeness (QED) is 0.0281. The second-order valence-corrected chi connectivity index (χ2v) is 13.7. The predicted molar refractivity (Wildman–Crippen MR) is 240 cm³/mol. The summed E-state index contributed by atoms with van der Waals surface area (Å²) in [6, 6.07) is -1.41. The number of amides is 2. The number of rotatable bonds is 36. The molecule has 9 heteroatoms. The van der Waals surface area contributed by atoms with E-state index in [1.165, 1.54) is 0 Å². The zero-order valence-electron chi connectivity index (χ0n) is 35.5. The predicted octanol–water partition coefficient (Wildman–Crippen LogP) is 10.6. The first kappa shape index (κ1) is 53.2. The van der Waals surface area contributed by atoms with E-state index in [-0.39, 0.29) is 30.9 Å². The van der Waals surface area contributed by atoms with Crippen LogP contribution in [-0.2, 0) is 23.9 Å². The van der Waals surface area contributed by atoms with Gasteiger partial charge in [0.15, 0.2) is 0 Å². The van der Waals surface area contributed by atoms with Crippen molar-refractivity contribution >= 4 is 23.8 Å². The van der Waals surface area contributed by atoms with Gasteiger partial charge in [0.25, 0.3) is 0 Å². The lowest BCUT2D eigenvalue weighted by Gasteiger charge is -2.15. The molecule has 0 aliphatic heterocycles. The van der Waals surface area contributed by atoms with Gasteiger partial charge in [0.2, 0.25) is 11.8 Å². The van der Waals surface area contributed by atoms with Crippen LogP contribution in [0.3, 0.4) is 0 Å². The zero-order chi connectivity index (χ0) is 42.6. The minimum Gasteiger partial charge on any atom is -0.480 e. The molecule has 0 rings (SSSR count). The first-order valence-corrected chi connectivity index (χ1v) is 21.4. The number of hydrogen-bond donors (Lipinski definition) is 4. The number of aliphatic carboxylic acids is 1. The summed E-state index contributed by atoms with van der Waals surface area (Å²) in [6.07, 6.45) is 58.1. The number of carboxylic acid groups (broad SMARTS) is 1. The van der Waals surface area contributed by atoms with Crippen molar-refractivity contribution in [2.45, 2.75) is 148 Å². The number of unbranched alkanes of at least 4 members (excludes halogenated alkanes) is 4. The van der Waals surface area contributed by atoms with Crippen LogP contribution in [0, 0.1) is 0 Å². The molecule has 0 saturated heterocycles. The molecule has 2 amide bonds. The number of carboxylic acids is 1. The van der Waals surface area contributed by atoms with Gasteiger partial charge in [-0.05, 0) is 109 Å². The molecule has 0 aromatic carbocycles. The van der Waals surface area contributed by atoms with Gasteiger partial charge in [-0.3, -0.25) is 14.4 Å². The van der Waals surface area contributed by atoms with E-state index in [9.17, 15) is 19.2 Å². The fourth-order valence-corrected chi connectivity index (χ4v) is 5.21. The Morgan fingerprint density at radius 2 is 0.983 bits per heavy atom. The lowest BCUT2D eigenvalue weighted by molar-refractivity contribution is -0.147. The van der Waals surface area contributed by atoms with Crippen molar-refractivity contribution < 1.29 is 34.1 Å². The van der Waals surface area contributed by atoms with Gasteiger partial charge < -0.3 is 25.6 Å². The summed E-state index contributed by atoms with van der Waals surface area (Å²) in [5.74, 6) is -2.57. The number of ether oxygens (including phenoxy) is 1. The SMILES string of the molecule is CC/C=C\C/C=C\C/C=C\C/C=C\C/C=C\C/C=C\CCCCC(=O)OC(/C=C\C/C=C\C/C=C\C/C=C\CC)CCCCCC(=O)NCC(=O)NC(CO)C(=O)O. The summed E-state index contributed by atoms with van der Waals surface area (Å²) in [5, 5.41) is 22.5. The summed E-state index contributed by atoms with van der Waals surface area (Å²) in [6.45, 7) is 3.16. The monoisotopic (exact) mass is 803 g/mol. The van der Waals surface area contributed by atoms with Crippen LogP contribution < -0.4 is 10.6 Å². The molecule has 0 aliphatic rings. The molecule has 0 saturated carbocycles. The van der Waals surface area contributed by atoms with E-state index in [1.54, 1.807) is 0 Å². The number of nitrogens with one attached hydrogen (secondary N) is 2. The zero-order valence-corrected chi connectivity index (χ0v) is 35.5. The van der Waals surface area contributed by atoms with Gasteiger partial charge in [-0.15, -0.1) is 0 Å². The van der Waals surface area contributed by atoms with Gasteiger partial charge in [0, 0.05) is 12.8 Å². The Bertz CT molecular complexity index is 1380. The summed E-state index contributed by atoms with van der Waals surface area (Å²) < 4.78 is 5.84. The topological polar surface area (TPSA) is 142 Å². The number of carbonyl (C=O) groups is 4. The second-order valence-electron chi connectivity index (χ2n) is 13.7. The Balaban J connectivity index is 4.53. The molecule has 0 aromatic heterocycles. The van der Waals surface area contributed by atoms with Crippen molar-refractivity contribution in [3.8, 4) is 0 Å². The third-order valence-corrected chi connectivity index (χ3v) is 8.44. The Hall–Kier alpha value is -4.76. The van der Waals surface area contributed by atoms with E-state index in [2.05, 4.69) is 134 Å². The average molecular weight is 803 g/mol. The largest absolute Gasteiger partial charge is 0.480 e. The highest BCUT2D eigenvalue weighted by Gasteiger charge is 2.18. The maximum atomic E-state index is 12.7. The van der Waals surface area contributed by atoms with E-state index >= 15 is 0 Å². The van der Waals surface area contributed by atoms with E-state index in [1.807, 2.05) is 12.2 Å². The molecule has 2 unspecified atom stereocenters. The van der Waals surface area contributed by atoms with E-state index in [0.29, 0.717) is 19.3 Å². The van der Waals surface area contributed by atoms with Crippen LogP contribution in [0.5, 0.6) is 0 Å². The highest BCUT2D eigenvalue weighted by atomic mass is 16.5. The molecule has 58 heavy (non-hydrogen) atoms. The fourth-order valence-electron chi connectivity index (χ4n) is 5.21. The molecular weight excluding hydrogens is 729 g/mol. The van der Waals surface area contributed by atoms with E-state index < -0.39 is 24.5 Å². The van der Waals surface area contributed by atoms with Gasteiger partial charge in [0.1, 0.15) is 12.1 Å². The number of carbonyl (C=O) groups excluding carboxylic acids is 3. The molecule has 0 spiro atoms. The minimum absolute atomic E-state index is 0.209. The molecule has 0 radical (unpaired) electrons. The molecular formula is C49H74N2O7. The molecule has 9 nitrogen and oxygen atoms in total. The van der Waals surface area contributed by atoms with Crippen molar-refractivity contribution in [2.75, 3.05) is 13.2 Å². The maximum Gasteiger partial charge on any atom is 0.328 e. The fraction of sp³-hybridized carbons (Fsp3) is 0.510. The van der Waals surface area contributed by atoms with Crippen molar-refractivity contribution in [2.24, 2.45) is 0 Å². The van der Waals surface area contributed by atoms with Crippen molar-refractivity contribution in [3.63, 3.8) is 0 Å². The van der Waals surface area contributed by atoms with Crippen molar-refractivity contribution in [1.82, 2.24) is 10.6 Å². The molecule has 0 aliphatic carbocycles. The van der Waals surface area contributed by atoms with Crippen LogP contribution in [-0.4, -0.2) is 59.3 Å². The third-order valence-electron chi connectivity index (χ3n) is 8.44. The highest BCUT2D eigenvalue weighted by Crippen LogP contribution is 2.13. The van der Waals surface area contributed by atoms with Gasteiger partial charge in [-0.2, -0.15) is 0 Å². The summed E-state index contributed by atoms with van der Waals surface area (Å²) >= 11 is 0. The van der Waals surface area contributed by atoms with Crippen LogP contribution in [0.1, 0.15) is 136 Å². The lowest BCUT2D eigenvalue weighted by Crippen LogP contribution is -2.47. The lowest BCUT2D eigenvalue weighted by atomic mass is 10.1. The summed E-state index contributed by atoms with van der Waals surface area (Å²) in [4.78, 5) is 47.7. The second kappa shape index (κ2) is 41.9. The first-order chi connectivity index (χ1) is 28.3. The smallest absolute Gasteiger partial charge is 0.328 e. The molecule has 0 heterocycles. The number of esters is 1. The number of allylic oxidation sites excluding steroid dienone is 19. The Morgan fingerprint density at radius 1 is 0.534 bits per heavy atom. The van der Waals surface area contributed by atoms with Gasteiger partial charge >= 0.3 is 11.9 Å². The number of hydrogen-bond acceptors (Lipinski definition) is 6. The molecule has 0 bridgehead atoms. The summed E-state index contributed by atoms with van der Waals surface area (Å²) in [5.41, 5.74) is 0. The first-order valence-electron chi connectivity index (χ1n) is 21.4. The van der Waals surface area contributed by atoms with Gasteiger partial charge in [-0.1, -0.05) is 136 Å². The molecule has 2 atom stereocenters. The normalized spacial score (nSPS) is 13.7. The molecule has 0 aromatic rings. The molecule has 4 N–H and O–H groups in total. The van der Waals surface area contributed by atoms with Crippen LogP contribution >= 0.6 is 0 Å². The Morgan fingerprint density at radius 3 is 1.45 bits per heavy atom. The van der Waals surface area contributed by atoms with Crippen LogP contribution in [0.4, 0.5) is 0 Å². The van der Waals surface area contributed by atoms with Crippen molar-refractivity contribution in [1.29, 1.82) is 0 Å². The standard InChI is InChI=1S/C49H74N2O7/c1-3-5-7-9-11-13-15-16-17-18-19-20-21-22-23-24-26-28-30-32-37-41-48(55)58-44(38-34-31-29-27-25-14-12-10-8-6-4-2)39-35-33-36-40-46(53)50-42-47(54)51-45(43-52)49(56)57/h5-8,11-14,16-17,19-20,22-23,26-29,34,38,44-45,52H,3-4,9-10,15,18,21,24-25,30-33,35-37,39-43H2,1-2H3,(H,50,53)(H,51,54)(H,56,57)/b7-5-,8-6-,13-11-,14-12-,17-16-,20-19-,23-22-,28-26-,29-27-,38-34-. The van der Waals surface area contributed by atoms with Crippen LogP contribution in [0.15, 0.2) is 122 Å². The minimum atomic E-state index is -1.41. The number of aliphatic hydroxyl groups excluding tert-OH is 1. The van der Waals surface area contributed by atoms with Crippen LogP contribution in [0.25, 0.3) is 0 Å².